The van der Waals surface area contributed by atoms with E-state index in [9.17, 15) is 18.9 Å². The Kier molecular flexibility index (Phi) is 3.94. The zero-order chi connectivity index (χ0) is 14.0. The molecular weight excluding hydrogens is 258 g/mol. The molecule has 1 aliphatic rings. The van der Waals surface area contributed by atoms with Gasteiger partial charge in [0, 0.05) is 31.8 Å². The molecule has 1 aliphatic heterocycles. The number of piperidine rings is 1. The van der Waals surface area contributed by atoms with E-state index in [2.05, 4.69) is 0 Å². The Labute approximate surface area is 108 Å². The molecule has 1 fully saturated rings. The van der Waals surface area contributed by atoms with Crippen LogP contribution in [0, 0.1) is 27.7 Å². The molecular formula is C12H14F2N2O3. The first-order chi connectivity index (χ1) is 9.02. The van der Waals surface area contributed by atoms with Crippen molar-refractivity contribution in [1.29, 1.82) is 0 Å². The summed E-state index contributed by atoms with van der Waals surface area (Å²) in [4.78, 5) is 11.6. The Morgan fingerprint density at radius 2 is 2.21 bits per heavy atom. The van der Waals surface area contributed by atoms with E-state index in [0.717, 1.165) is 18.9 Å². The highest BCUT2D eigenvalue weighted by Crippen LogP contribution is 2.34. The summed E-state index contributed by atoms with van der Waals surface area (Å²) in [6, 6.07) is 1.48. The fourth-order valence-corrected chi connectivity index (χ4v) is 2.41. The highest BCUT2D eigenvalue weighted by molar-refractivity contribution is 5.64. The van der Waals surface area contributed by atoms with Gasteiger partial charge in [-0.05, 0) is 18.8 Å². The lowest BCUT2D eigenvalue weighted by molar-refractivity contribution is -0.386. The molecule has 5 nitrogen and oxygen atoms in total. The van der Waals surface area contributed by atoms with Crippen LogP contribution in [-0.4, -0.2) is 29.7 Å². The van der Waals surface area contributed by atoms with Gasteiger partial charge in [-0.25, -0.2) is 4.39 Å². The third kappa shape index (κ3) is 2.81. The Bertz CT molecular complexity index is 496. The van der Waals surface area contributed by atoms with Crippen molar-refractivity contribution >= 4 is 11.4 Å². The molecule has 104 valence electrons. The summed E-state index contributed by atoms with van der Waals surface area (Å²) in [5.74, 6) is -2.05. The van der Waals surface area contributed by atoms with Gasteiger partial charge in [-0.3, -0.25) is 10.1 Å². The van der Waals surface area contributed by atoms with Crippen molar-refractivity contribution in [2.24, 2.45) is 5.92 Å². The van der Waals surface area contributed by atoms with Gasteiger partial charge in [-0.2, -0.15) is 4.39 Å². The zero-order valence-electron chi connectivity index (χ0n) is 10.2. The van der Waals surface area contributed by atoms with Gasteiger partial charge in [0.05, 0.1) is 4.92 Å². The lowest BCUT2D eigenvalue weighted by Gasteiger charge is -2.33. The molecule has 1 atom stereocenters. The molecule has 2 rings (SSSR count). The Morgan fingerprint density at radius 3 is 2.84 bits per heavy atom. The van der Waals surface area contributed by atoms with Crippen LogP contribution in [0.2, 0.25) is 0 Å². The van der Waals surface area contributed by atoms with Gasteiger partial charge in [0.2, 0.25) is 5.82 Å². The van der Waals surface area contributed by atoms with E-state index in [1.807, 2.05) is 0 Å². The van der Waals surface area contributed by atoms with E-state index >= 15 is 0 Å². The lowest BCUT2D eigenvalue weighted by Crippen LogP contribution is -2.37. The van der Waals surface area contributed by atoms with Crippen molar-refractivity contribution in [2.75, 3.05) is 24.6 Å². The monoisotopic (exact) mass is 272 g/mol. The van der Waals surface area contributed by atoms with Crippen LogP contribution in [0.5, 0.6) is 0 Å². The van der Waals surface area contributed by atoms with Crippen LogP contribution < -0.4 is 4.90 Å². The predicted molar refractivity (Wildman–Crippen MR) is 65.0 cm³/mol. The third-order valence-electron chi connectivity index (χ3n) is 3.31. The Morgan fingerprint density at radius 1 is 1.47 bits per heavy atom. The van der Waals surface area contributed by atoms with Crippen LogP contribution in [0.4, 0.5) is 20.2 Å². The highest BCUT2D eigenvalue weighted by Gasteiger charge is 2.29. The van der Waals surface area contributed by atoms with E-state index in [1.54, 1.807) is 4.90 Å². The Balaban J connectivity index is 2.40. The summed E-state index contributed by atoms with van der Waals surface area (Å²) in [5, 5.41) is 20.0. The molecule has 7 heteroatoms. The van der Waals surface area contributed by atoms with Crippen LogP contribution in [0.3, 0.4) is 0 Å². The van der Waals surface area contributed by atoms with Crippen molar-refractivity contribution in [3.8, 4) is 0 Å². The molecule has 0 aliphatic carbocycles. The first-order valence-electron chi connectivity index (χ1n) is 6.02. The number of nitro benzene ring substituents is 1. The smallest absolute Gasteiger partial charge is 0.328 e. The zero-order valence-corrected chi connectivity index (χ0v) is 10.2. The van der Waals surface area contributed by atoms with Gasteiger partial charge < -0.3 is 10.0 Å². The maximum Gasteiger partial charge on any atom is 0.328 e. The maximum absolute atomic E-state index is 13.5. The minimum atomic E-state index is -1.17. The maximum atomic E-state index is 13.5. The molecule has 1 aromatic rings. The Hall–Kier alpha value is -1.76. The van der Waals surface area contributed by atoms with Gasteiger partial charge in [0.15, 0.2) is 0 Å². The second-order valence-corrected chi connectivity index (χ2v) is 4.65. The van der Waals surface area contributed by atoms with Crippen molar-refractivity contribution < 1.29 is 18.8 Å². The number of anilines is 1. The number of hydrogen-bond donors (Lipinski definition) is 1. The lowest BCUT2D eigenvalue weighted by atomic mass is 9.98. The average molecular weight is 272 g/mol. The van der Waals surface area contributed by atoms with Gasteiger partial charge in [-0.1, -0.05) is 0 Å². The van der Waals surface area contributed by atoms with E-state index in [1.165, 1.54) is 0 Å². The van der Waals surface area contributed by atoms with Gasteiger partial charge in [0.1, 0.15) is 11.5 Å². The third-order valence-corrected chi connectivity index (χ3v) is 3.31. The van der Waals surface area contributed by atoms with Crippen LogP contribution in [0.25, 0.3) is 0 Å². The topological polar surface area (TPSA) is 66.6 Å². The number of nitro groups is 1. The van der Waals surface area contributed by atoms with E-state index in [0.29, 0.717) is 19.2 Å². The van der Waals surface area contributed by atoms with Gasteiger partial charge in [-0.15, -0.1) is 0 Å². The minimum absolute atomic E-state index is 0.0281. The fraction of sp³-hybridized carbons (Fsp3) is 0.500. The SMILES string of the molecule is O=[N+]([O-])c1c(F)cc(F)cc1N1CCCC(CO)C1. The summed E-state index contributed by atoms with van der Waals surface area (Å²) < 4.78 is 26.8. The molecule has 0 aromatic heterocycles. The van der Waals surface area contributed by atoms with E-state index in [-0.39, 0.29) is 18.2 Å². The van der Waals surface area contributed by atoms with Crippen LogP contribution >= 0.6 is 0 Å². The number of benzene rings is 1. The number of halogens is 2. The number of rotatable bonds is 3. The molecule has 0 bridgehead atoms. The predicted octanol–water partition coefficient (Wildman–Crippen LogP) is 2.08. The van der Waals surface area contributed by atoms with Crippen molar-refractivity contribution in [2.45, 2.75) is 12.8 Å². The van der Waals surface area contributed by atoms with E-state index in [4.69, 9.17) is 5.11 Å². The number of aliphatic hydroxyl groups excluding tert-OH is 1. The molecule has 1 unspecified atom stereocenters. The van der Waals surface area contributed by atoms with Gasteiger partial charge in [0.25, 0.3) is 0 Å². The standard InChI is InChI=1S/C12H14F2N2O3/c13-9-4-10(14)12(16(18)19)11(5-9)15-3-1-2-8(6-15)7-17/h4-5,8,17H,1-3,6-7H2. The van der Waals surface area contributed by atoms with Crippen LogP contribution in [0.15, 0.2) is 12.1 Å². The highest BCUT2D eigenvalue weighted by atomic mass is 19.1. The van der Waals surface area contributed by atoms with Crippen LogP contribution in [-0.2, 0) is 0 Å². The molecule has 1 saturated heterocycles. The summed E-state index contributed by atoms with van der Waals surface area (Å²) >= 11 is 0. The van der Waals surface area contributed by atoms with Crippen molar-refractivity contribution in [3.63, 3.8) is 0 Å². The first-order valence-corrected chi connectivity index (χ1v) is 6.02. The second kappa shape index (κ2) is 5.48. The molecule has 19 heavy (non-hydrogen) atoms. The molecule has 0 radical (unpaired) electrons. The molecule has 0 amide bonds. The largest absolute Gasteiger partial charge is 0.396 e. The van der Waals surface area contributed by atoms with Crippen LogP contribution in [0.1, 0.15) is 12.8 Å². The molecule has 1 N–H and O–H groups in total. The first kappa shape index (κ1) is 13.7. The fourth-order valence-electron chi connectivity index (χ4n) is 2.41. The summed E-state index contributed by atoms with van der Waals surface area (Å²) in [6.45, 7) is 0.808. The minimum Gasteiger partial charge on any atom is -0.396 e. The number of aliphatic hydroxyl groups is 1. The number of hydrogen-bond acceptors (Lipinski definition) is 4. The van der Waals surface area contributed by atoms with Gasteiger partial charge >= 0.3 is 5.69 Å². The molecule has 1 heterocycles. The second-order valence-electron chi connectivity index (χ2n) is 4.65. The average Bonchev–Trinajstić information content (AvgIpc) is 2.37. The quantitative estimate of drug-likeness (QED) is 0.675. The molecule has 0 saturated carbocycles. The van der Waals surface area contributed by atoms with Crippen molar-refractivity contribution in [3.05, 3.63) is 33.9 Å². The molecule has 1 aromatic carbocycles. The molecule has 0 spiro atoms. The summed E-state index contributed by atoms with van der Waals surface area (Å²) in [6.07, 6.45) is 1.53. The summed E-state index contributed by atoms with van der Waals surface area (Å²) in [5.41, 5.74) is -0.763. The normalized spacial score (nSPS) is 19.5. The van der Waals surface area contributed by atoms with Crippen molar-refractivity contribution in [1.82, 2.24) is 0 Å². The number of nitrogens with zero attached hydrogens (tertiary/aromatic N) is 2. The van der Waals surface area contributed by atoms with E-state index < -0.39 is 22.2 Å². The summed E-state index contributed by atoms with van der Waals surface area (Å²) in [7, 11) is 0.